The Hall–Kier alpha value is -2.91. The predicted molar refractivity (Wildman–Crippen MR) is 67.6 cm³/mol. The molecule has 10 heteroatoms. The van der Waals surface area contributed by atoms with Crippen LogP contribution in [-0.4, -0.2) is 51.3 Å². The zero-order chi connectivity index (χ0) is 15.2. The van der Waals surface area contributed by atoms with Gasteiger partial charge in [-0.3, -0.25) is 24.7 Å². The highest BCUT2D eigenvalue weighted by molar-refractivity contribution is 6.08. The van der Waals surface area contributed by atoms with Crippen LogP contribution in [0.4, 0.5) is 4.79 Å². The van der Waals surface area contributed by atoms with Crippen molar-refractivity contribution in [3.8, 4) is 0 Å². The van der Waals surface area contributed by atoms with Crippen molar-refractivity contribution < 1.29 is 14.4 Å². The predicted octanol–water partition coefficient (Wildman–Crippen LogP) is -2.51. The van der Waals surface area contributed by atoms with E-state index in [2.05, 4.69) is 15.6 Å². The largest absolute Gasteiger partial charge is 0.335 e. The third-order valence-corrected chi connectivity index (χ3v) is 3.62. The van der Waals surface area contributed by atoms with E-state index in [9.17, 15) is 24.0 Å². The molecule has 1 aromatic heterocycles. The van der Waals surface area contributed by atoms with Gasteiger partial charge < -0.3 is 15.2 Å². The van der Waals surface area contributed by atoms with Crippen LogP contribution in [0.2, 0.25) is 0 Å². The van der Waals surface area contributed by atoms with Crippen LogP contribution >= 0.6 is 0 Å². The minimum atomic E-state index is -1.14. The van der Waals surface area contributed by atoms with Crippen molar-refractivity contribution in [2.45, 2.75) is 12.0 Å². The topological polar surface area (TPSA) is 144 Å². The molecule has 1 atom stereocenters. The molecule has 4 N–H and O–H groups in total. The maximum absolute atomic E-state index is 12.2. The molecule has 21 heavy (non-hydrogen) atoms. The zero-order valence-electron chi connectivity index (χ0n) is 10.7. The summed E-state index contributed by atoms with van der Waals surface area (Å²) in [5.41, 5.74) is -2.88. The number of carbonyl (C=O) groups excluding carboxylic acids is 3. The molecule has 2 aliphatic heterocycles. The maximum atomic E-state index is 12.2. The average Bonchev–Trinajstić information content (AvgIpc) is 2.94. The van der Waals surface area contributed by atoms with Crippen LogP contribution in [-0.2, 0) is 4.79 Å². The van der Waals surface area contributed by atoms with E-state index in [0.29, 0.717) is 0 Å². The molecular weight excluding hydrogens is 282 g/mol. The van der Waals surface area contributed by atoms with E-state index in [-0.39, 0.29) is 25.1 Å². The van der Waals surface area contributed by atoms with Gasteiger partial charge in [0.15, 0.2) is 0 Å². The Labute approximate surface area is 116 Å². The number of rotatable bonds is 1. The Morgan fingerprint density at radius 3 is 2.62 bits per heavy atom. The molecule has 1 aromatic rings. The highest BCUT2D eigenvalue weighted by atomic mass is 16.2. The van der Waals surface area contributed by atoms with Gasteiger partial charge in [0.2, 0.25) is 0 Å². The van der Waals surface area contributed by atoms with E-state index in [0.717, 1.165) is 6.20 Å². The maximum Gasteiger partial charge on any atom is 0.325 e. The van der Waals surface area contributed by atoms with Gasteiger partial charge in [-0.05, 0) is 6.42 Å². The van der Waals surface area contributed by atoms with Crippen LogP contribution in [0.25, 0.3) is 0 Å². The van der Waals surface area contributed by atoms with Crippen molar-refractivity contribution in [3.05, 3.63) is 32.6 Å². The number of hydrogen-bond donors (Lipinski definition) is 4. The molecular formula is C11H11N5O5. The molecule has 10 nitrogen and oxygen atoms in total. The summed E-state index contributed by atoms with van der Waals surface area (Å²) in [6.07, 6.45) is 1.29. The van der Waals surface area contributed by atoms with Crippen LogP contribution < -0.4 is 21.9 Å². The molecule has 2 aliphatic rings. The third-order valence-electron chi connectivity index (χ3n) is 3.62. The number of imide groups is 1. The number of H-pyrrole nitrogens is 2. The Balaban J connectivity index is 1.85. The van der Waals surface area contributed by atoms with Gasteiger partial charge in [0.1, 0.15) is 11.1 Å². The second kappa shape index (κ2) is 4.30. The van der Waals surface area contributed by atoms with Crippen molar-refractivity contribution in [2.24, 2.45) is 0 Å². The van der Waals surface area contributed by atoms with Crippen LogP contribution in [0.5, 0.6) is 0 Å². The van der Waals surface area contributed by atoms with Gasteiger partial charge in [0, 0.05) is 12.7 Å². The van der Waals surface area contributed by atoms with Crippen molar-refractivity contribution in [1.29, 1.82) is 0 Å². The molecule has 4 amide bonds. The van der Waals surface area contributed by atoms with E-state index >= 15 is 0 Å². The normalized spacial score (nSPS) is 24.3. The van der Waals surface area contributed by atoms with Crippen molar-refractivity contribution >= 4 is 17.8 Å². The van der Waals surface area contributed by atoms with E-state index in [1.807, 2.05) is 4.98 Å². The zero-order valence-corrected chi connectivity index (χ0v) is 10.7. The number of nitrogens with zero attached hydrogens (tertiary/aromatic N) is 1. The minimum absolute atomic E-state index is 0.0258. The molecule has 0 saturated carbocycles. The average molecular weight is 293 g/mol. The SMILES string of the molecule is O=C1NC(=O)C2(CCN(C(=O)c3c[nH]c(=O)[nH]c3=O)C2)N1. The second-order valence-corrected chi connectivity index (χ2v) is 4.95. The lowest BCUT2D eigenvalue weighted by Crippen LogP contribution is -2.50. The summed E-state index contributed by atoms with van der Waals surface area (Å²) in [5, 5.41) is 4.63. The molecule has 1 spiro atoms. The molecule has 1 unspecified atom stereocenters. The van der Waals surface area contributed by atoms with E-state index < -0.39 is 34.6 Å². The fourth-order valence-electron chi connectivity index (χ4n) is 2.54. The standard InChI is InChI=1S/C11H11N5O5/c17-6-5(3-12-9(20)13-6)7(18)16-2-1-11(4-16)8(19)14-10(21)15-11/h3H,1-2,4H2,(H2,12,13,17,20)(H2,14,15,19,21). The van der Waals surface area contributed by atoms with Crippen molar-refractivity contribution in [2.75, 3.05) is 13.1 Å². The Bertz CT molecular complexity index is 765. The fourth-order valence-corrected chi connectivity index (χ4v) is 2.54. The monoisotopic (exact) mass is 293 g/mol. The van der Waals surface area contributed by atoms with Gasteiger partial charge in [0.25, 0.3) is 17.4 Å². The summed E-state index contributed by atoms with van der Waals surface area (Å²) in [6, 6.07) is -0.601. The summed E-state index contributed by atoms with van der Waals surface area (Å²) in [6.45, 7) is 0.188. The molecule has 0 aromatic carbocycles. The van der Waals surface area contributed by atoms with Gasteiger partial charge >= 0.3 is 11.7 Å². The fraction of sp³-hybridized carbons (Fsp3) is 0.364. The quantitative estimate of drug-likeness (QED) is 0.423. The number of carbonyl (C=O) groups is 3. The first-order chi connectivity index (χ1) is 9.91. The summed E-state index contributed by atoms with van der Waals surface area (Å²) < 4.78 is 0. The molecule has 110 valence electrons. The highest BCUT2D eigenvalue weighted by Gasteiger charge is 2.51. The Morgan fingerprint density at radius 2 is 2.00 bits per heavy atom. The molecule has 0 bridgehead atoms. The first-order valence-electron chi connectivity index (χ1n) is 6.16. The van der Waals surface area contributed by atoms with Gasteiger partial charge in [-0.1, -0.05) is 0 Å². The second-order valence-electron chi connectivity index (χ2n) is 4.95. The van der Waals surface area contributed by atoms with Crippen LogP contribution in [0.1, 0.15) is 16.8 Å². The first kappa shape index (κ1) is 13.1. The number of urea groups is 1. The summed E-state index contributed by atoms with van der Waals surface area (Å²) in [4.78, 5) is 63.2. The van der Waals surface area contributed by atoms with Crippen molar-refractivity contribution in [3.63, 3.8) is 0 Å². The Kier molecular flexibility index (Phi) is 2.68. The molecule has 2 fully saturated rings. The van der Waals surface area contributed by atoms with Crippen molar-refractivity contribution in [1.82, 2.24) is 25.5 Å². The Morgan fingerprint density at radius 1 is 1.24 bits per heavy atom. The van der Waals surface area contributed by atoms with E-state index in [1.54, 1.807) is 0 Å². The van der Waals surface area contributed by atoms with E-state index in [1.165, 1.54) is 4.90 Å². The number of likely N-dealkylation sites (tertiary alicyclic amines) is 1. The molecule has 3 heterocycles. The number of hydrogen-bond acceptors (Lipinski definition) is 5. The minimum Gasteiger partial charge on any atom is -0.335 e. The van der Waals surface area contributed by atoms with Gasteiger partial charge in [-0.25, -0.2) is 9.59 Å². The summed E-state index contributed by atoms with van der Waals surface area (Å²) >= 11 is 0. The lowest BCUT2D eigenvalue weighted by molar-refractivity contribution is -0.123. The highest BCUT2D eigenvalue weighted by Crippen LogP contribution is 2.25. The van der Waals surface area contributed by atoms with Crippen LogP contribution in [0.15, 0.2) is 15.8 Å². The number of aromatic nitrogens is 2. The smallest absolute Gasteiger partial charge is 0.325 e. The number of aromatic amines is 2. The lowest BCUT2D eigenvalue weighted by atomic mass is 9.99. The molecule has 0 radical (unpaired) electrons. The van der Waals surface area contributed by atoms with Crippen LogP contribution in [0.3, 0.4) is 0 Å². The van der Waals surface area contributed by atoms with Gasteiger partial charge in [-0.2, -0.15) is 0 Å². The first-order valence-corrected chi connectivity index (χ1v) is 6.16. The molecule has 3 rings (SSSR count). The number of amides is 4. The van der Waals surface area contributed by atoms with Crippen LogP contribution in [0, 0.1) is 0 Å². The molecule has 0 aliphatic carbocycles. The van der Waals surface area contributed by atoms with Gasteiger partial charge in [-0.15, -0.1) is 0 Å². The lowest BCUT2D eigenvalue weighted by Gasteiger charge is -2.20. The third kappa shape index (κ3) is 2.00. The number of nitrogens with one attached hydrogen (secondary N) is 4. The van der Waals surface area contributed by atoms with E-state index in [4.69, 9.17) is 0 Å². The summed E-state index contributed by atoms with van der Waals surface area (Å²) in [7, 11) is 0. The molecule has 2 saturated heterocycles. The van der Waals surface area contributed by atoms with Gasteiger partial charge in [0.05, 0.1) is 6.54 Å². The summed E-state index contributed by atoms with van der Waals surface area (Å²) in [5.74, 6) is -1.10.